The van der Waals surface area contributed by atoms with Gasteiger partial charge < -0.3 is 14.4 Å². The van der Waals surface area contributed by atoms with Crippen LogP contribution >= 0.6 is 0 Å². The minimum absolute atomic E-state index is 0.0255. The summed E-state index contributed by atoms with van der Waals surface area (Å²) in [5, 5.41) is 0. The molecule has 0 aromatic heterocycles. The van der Waals surface area contributed by atoms with Crippen LogP contribution in [0.25, 0.3) is 11.1 Å². The molecule has 1 heterocycles. The number of amides is 1. The van der Waals surface area contributed by atoms with Gasteiger partial charge in [0, 0.05) is 31.3 Å². The highest BCUT2D eigenvalue weighted by Gasteiger charge is 2.30. The zero-order valence-corrected chi connectivity index (χ0v) is 19.4. The maximum Gasteiger partial charge on any atom is 0.258 e. The fourth-order valence-corrected chi connectivity index (χ4v) is 5.46. The Morgan fingerprint density at radius 1 is 0.970 bits per heavy atom. The van der Waals surface area contributed by atoms with Gasteiger partial charge in [-0.25, -0.2) is 8.42 Å². The summed E-state index contributed by atoms with van der Waals surface area (Å²) in [7, 11) is -0.746. The van der Waals surface area contributed by atoms with Gasteiger partial charge in [0.25, 0.3) is 5.91 Å². The van der Waals surface area contributed by atoms with Crippen molar-refractivity contribution in [2.75, 3.05) is 45.4 Å². The molecule has 0 atom stereocenters. The molecule has 7 nitrogen and oxygen atoms in total. The first-order valence-corrected chi connectivity index (χ1v) is 12.1. The largest absolute Gasteiger partial charge is 0.495 e. The number of carbonyl (C=O) groups excluding carboxylic acids is 1. The minimum atomic E-state index is -3.84. The predicted octanol–water partition coefficient (Wildman–Crippen LogP) is 3.66. The van der Waals surface area contributed by atoms with Crippen LogP contribution in [0.5, 0.6) is 5.75 Å². The second kappa shape index (κ2) is 9.74. The summed E-state index contributed by atoms with van der Waals surface area (Å²) in [4.78, 5) is 15.0. The van der Waals surface area contributed by atoms with Crippen LogP contribution in [0, 0.1) is 0 Å². The zero-order valence-electron chi connectivity index (χ0n) is 18.6. The molecule has 1 saturated heterocycles. The summed E-state index contributed by atoms with van der Waals surface area (Å²) in [6, 6.07) is 21.9. The number of benzene rings is 3. The Morgan fingerprint density at radius 2 is 1.64 bits per heavy atom. The van der Waals surface area contributed by atoms with Gasteiger partial charge in [-0.1, -0.05) is 48.5 Å². The number of methoxy groups -OCH3 is 1. The van der Waals surface area contributed by atoms with Crippen LogP contribution in [0.15, 0.2) is 77.7 Å². The monoisotopic (exact) mass is 466 g/mol. The lowest BCUT2D eigenvalue weighted by molar-refractivity contribution is 0.0729. The van der Waals surface area contributed by atoms with E-state index < -0.39 is 10.0 Å². The second-order valence-corrected chi connectivity index (χ2v) is 9.54. The molecule has 0 N–H and O–H groups in total. The quantitative estimate of drug-likeness (QED) is 0.554. The topological polar surface area (TPSA) is 76.2 Å². The van der Waals surface area contributed by atoms with Crippen LogP contribution < -0.4 is 9.64 Å². The third-order valence-electron chi connectivity index (χ3n) is 5.65. The summed E-state index contributed by atoms with van der Waals surface area (Å²) in [5.41, 5.74) is 2.87. The van der Waals surface area contributed by atoms with Crippen molar-refractivity contribution in [1.29, 1.82) is 0 Å². The SMILES string of the molecule is COc1ccc(C(=O)N(C)c2ccccc2-c2ccccc2)cc1S(=O)(=O)N1CCOCC1. The highest BCUT2D eigenvalue weighted by molar-refractivity contribution is 7.89. The molecule has 0 saturated carbocycles. The number of rotatable bonds is 6. The number of ether oxygens (including phenoxy) is 2. The number of carbonyl (C=O) groups is 1. The molecule has 8 heteroatoms. The molecule has 1 amide bonds. The fraction of sp³-hybridized carbons (Fsp3) is 0.240. The molecule has 0 aliphatic carbocycles. The van der Waals surface area contributed by atoms with Crippen molar-refractivity contribution >= 4 is 21.6 Å². The van der Waals surface area contributed by atoms with E-state index in [0.717, 1.165) is 16.8 Å². The van der Waals surface area contributed by atoms with E-state index in [1.165, 1.54) is 28.4 Å². The fourth-order valence-electron chi connectivity index (χ4n) is 3.87. The van der Waals surface area contributed by atoms with Gasteiger partial charge in [0.2, 0.25) is 10.0 Å². The molecule has 0 unspecified atom stereocenters. The van der Waals surface area contributed by atoms with Gasteiger partial charge in [-0.05, 0) is 29.8 Å². The summed E-state index contributed by atoms with van der Waals surface area (Å²) in [6.07, 6.45) is 0. The predicted molar refractivity (Wildman–Crippen MR) is 127 cm³/mol. The molecule has 4 rings (SSSR count). The Bertz CT molecular complexity index is 1240. The summed E-state index contributed by atoms with van der Waals surface area (Å²) < 4.78 is 38.5. The van der Waals surface area contributed by atoms with E-state index in [-0.39, 0.29) is 35.2 Å². The van der Waals surface area contributed by atoms with Gasteiger partial charge in [-0.15, -0.1) is 0 Å². The van der Waals surface area contributed by atoms with Crippen LogP contribution in [0.4, 0.5) is 5.69 Å². The van der Waals surface area contributed by atoms with Crippen molar-refractivity contribution in [2.24, 2.45) is 0 Å². The Kier molecular flexibility index (Phi) is 6.78. The average molecular weight is 467 g/mol. The molecule has 1 aliphatic heterocycles. The summed E-state index contributed by atoms with van der Waals surface area (Å²) in [5.74, 6) is -0.121. The van der Waals surface area contributed by atoms with Crippen LogP contribution in [0.1, 0.15) is 10.4 Å². The second-order valence-electron chi connectivity index (χ2n) is 7.63. The first-order chi connectivity index (χ1) is 15.9. The van der Waals surface area contributed by atoms with Gasteiger partial charge in [-0.2, -0.15) is 4.31 Å². The van der Waals surface area contributed by atoms with E-state index in [1.807, 2.05) is 54.6 Å². The minimum Gasteiger partial charge on any atom is -0.495 e. The molecule has 0 spiro atoms. The van der Waals surface area contributed by atoms with Crippen molar-refractivity contribution in [3.05, 3.63) is 78.4 Å². The van der Waals surface area contributed by atoms with Crippen molar-refractivity contribution in [3.63, 3.8) is 0 Å². The average Bonchev–Trinajstić information content (AvgIpc) is 2.88. The van der Waals surface area contributed by atoms with E-state index in [9.17, 15) is 13.2 Å². The molecule has 3 aromatic carbocycles. The van der Waals surface area contributed by atoms with E-state index >= 15 is 0 Å². The van der Waals surface area contributed by atoms with Crippen molar-refractivity contribution < 1.29 is 22.7 Å². The van der Waals surface area contributed by atoms with E-state index in [4.69, 9.17) is 9.47 Å². The van der Waals surface area contributed by atoms with E-state index in [1.54, 1.807) is 13.1 Å². The normalized spacial score (nSPS) is 14.6. The zero-order chi connectivity index (χ0) is 23.4. The Labute approximate surface area is 194 Å². The first kappa shape index (κ1) is 23.0. The molecule has 3 aromatic rings. The Hall–Kier alpha value is -3.20. The lowest BCUT2D eigenvalue weighted by Gasteiger charge is -2.27. The number of anilines is 1. The van der Waals surface area contributed by atoms with E-state index in [0.29, 0.717) is 13.2 Å². The smallest absolute Gasteiger partial charge is 0.258 e. The third-order valence-corrected chi connectivity index (χ3v) is 7.57. The van der Waals surface area contributed by atoms with Crippen LogP contribution in [0.2, 0.25) is 0 Å². The lowest BCUT2D eigenvalue weighted by atomic mass is 10.0. The molecule has 0 radical (unpaired) electrons. The van der Waals surface area contributed by atoms with Gasteiger partial charge >= 0.3 is 0 Å². The van der Waals surface area contributed by atoms with E-state index in [2.05, 4.69) is 0 Å². The lowest BCUT2D eigenvalue weighted by Crippen LogP contribution is -2.40. The molecule has 33 heavy (non-hydrogen) atoms. The number of sulfonamides is 1. The van der Waals surface area contributed by atoms with Crippen LogP contribution in [0.3, 0.4) is 0 Å². The van der Waals surface area contributed by atoms with Gasteiger partial charge in [0.05, 0.1) is 26.0 Å². The standard InChI is InChI=1S/C25H26N2O5S/c1-26(22-11-7-6-10-21(22)19-8-4-3-5-9-19)25(28)20-12-13-23(31-2)24(18-20)33(29,30)27-14-16-32-17-15-27/h3-13,18H,14-17H2,1-2H3. The van der Waals surface area contributed by atoms with Gasteiger partial charge in [0.15, 0.2) is 0 Å². The summed E-state index contributed by atoms with van der Waals surface area (Å²) in [6.45, 7) is 1.18. The molecular weight excluding hydrogens is 440 g/mol. The maximum atomic E-state index is 13.4. The maximum absolute atomic E-state index is 13.4. The highest BCUT2D eigenvalue weighted by atomic mass is 32.2. The Balaban J connectivity index is 1.71. The summed E-state index contributed by atoms with van der Waals surface area (Å²) >= 11 is 0. The molecule has 0 bridgehead atoms. The van der Waals surface area contributed by atoms with Crippen molar-refractivity contribution in [1.82, 2.24) is 4.31 Å². The number of nitrogens with zero attached hydrogens (tertiary/aromatic N) is 2. The number of hydrogen-bond donors (Lipinski definition) is 0. The molecule has 1 fully saturated rings. The Morgan fingerprint density at radius 3 is 2.33 bits per heavy atom. The molecule has 1 aliphatic rings. The van der Waals surface area contributed by atoms with Gasteiger partial charge in [0.1, 0.15) is 10.6 Å². The number of morpholine rings is 1. The van der Waals surface area contributed by atoms with Crippen LogP contribution in [-0.2, 0) is 14.8 Å². The van der Waals surface area contributed by atoms with Crippen LogP contribution in [-0.4, -0.2) is 59.1 Å². The van der Waals surface area contributed by atoms with Gasteiger partial charge in [-0.3, -0.25) is 4.79 Å². The molecular formula is C25H26N2O5S. The number of hydrogen-bond acceptors (Lipinski definition) is 5. The number of para-hydroxylation sites is 1. The first-order valence-electron chi connectivity index (χ1n) is 10.6. The molecule has 172 valence electrons. The van der Waals surface area contributed by atoms with Crippen molar-refractivity contribution in [3.8, 4) is 16.9 Å². The van der Waals surface area contributed by atoms with Crippen molar-refractivity contribution in [2.45, 2.75) is 4.90 Å². The highest BCUT2D eigenvalue weighted by Crippen LogP contribution is 2.32. The third kappa shape index (κ3) is 4.64.